The fourth-order valence-electron chi connectivity index (χ4n) is 3.79. The van der Waals surface area contributed by atoms with Crippen molar-refractivity contribution in [3.8, 4) is 11.6 Å². The molecule has 0 saturated carbocycles. The van der Waals surface area contributed by atoms with Gasteiger partial charge in [-0.1, -0.05) is 13.0 Å². The molecule has 1 N–H and O–H groups in total. The van der Waals surface area contributed by atoms with Crippen LogP contribution >= 0.6 is 0 Å². The van der Waals surface area contributed by atoms with Gasteiger partial charge in [-0.3, -0.25) is 19.5 Å². The van der Waals surface area contributed by atoms with Crippen molar-refractivity contribution in [2.75, 3.05) is 23.8 Å². The summed E-state index contributed by atoms with van der Waals surface area (Å²) in [4.78, 5) is 34.5. The summed E-state index contributed by atoms with van der Waals surface area (Å²) in [5, 5.41) is 15.0. The quantitative estimate of drug-likeness (QED) is 0.143. The summed E-state index contributed by atoms with van der Waals surface area (Å²) in [6.07, 6.45) is 2.76. The molecule has 0 amide bonds. The number of ether oxygens (including phenoxy) is 2. The highest BCUT2D eigenvalue weighted by Gasteiger charge is 2.23. The molecule has 11 nitrogen and oxygen atoms in total. The van der Waals surface area contributed by atoms with Crippen molar-refractivity contribution in [1.29, 1.82) is 0 Å². The van der Waals surface area contributed by atoms with Gasteiger partial charge >= 0.3 is 5.97 Å². The molecule has 0 unspecified atom stereocenters. The van der Waals surface area contributed by atoms with Gasteiger partial charge in [-0.05, 0) is 63.6 Å². The van der Waals surface area contributed by atoms with Crippen LogP contribution in [0.25, 0.3) is 11.0 Å². The molecular weight excluding hydrogens is 500 g/mol. The number of benzene rings is 2. The summed E-state index contributed by atoms with van der Waals surface area (Å²) >= 11 is 0. The van der Waals surface area contributed by atoms with Crippen molar-refractivity contribution in [1.82, 2.24) is 14.5 Å². The number of esters is 1. The molecule has 0 atom stereocenters. The highest BCUT2D eigenvalue weighted by molar-refractivity contribution is 5.83. The summed E-state index contributed by atoms with van der Waals surface area (Å²) in [6, 6.07) is 15.5. The molecule has 2 aromatic carbocycles. The first kappa shape index (κ1) is 27.4. The molecule has 4 aromatic rings. The van der Waals surface area contributed by atoms with E-state index in [0.717, 1.165) is 24.3 Å². The van der Waals surface area contributed by atoms with E-state index >= 15 is 0 Å². The van der Waals surface area contributed by atoms with E-state index in [1.807, 2.05) is 31.3 Å². The Morgan fingerprint density at radius 1 is 1.13 bits per heavy atom. The van der Waals surface area contributed by atoms with Crippen LogP contribution in [0, 0.1) is 15.5 Å². The molecule has 11 heteroatoms. The number of fused-ring (bicyclic) bond motifs is 1. The Morgan fingerprint density at radius 3 is 2.54 bits per heavy atom. The van der Waals surface area contributed by atoms with Gasteiger partial charge in [0.15, 0.2) is 12.4 Å². The van der Waals surface area contributed by atoms with E-state index in [0.29, 0.717) is 11.0 Å². The Kier molecular flexibility index (Phi) is 7.99. The van der Waals surface area contributed by atoms with Gasteiger partial charge in [0.25, 0.3) is 5.69 Å². The molecule has 2 heterocycles. The minimum atomic E-state index is -0.654. The number of nitro groups is 1. The maximum Gasteiger partial charge on any atom is 0.312 e. The molecule has 204 valence electrons. The van der Waals surface area contributed by atoms with Gasteiger partial charge in [-0.25, -0.2) is 0 Å². The third kappa shape index (κ3) is 6.61. The van der Waals surface area contributed by atoms with Crippen molar-refractivity contribution >= 4 is 40.0 Å². The second kappa shape index (κ2) is 11.4. The lowest BCUT2D eigenvalue weighted by Gasteiger charge is -2.18. The number of carbonyl (C=O) groups excluding carboxylic acids is 1. The molecule has 0 aliphatic heterocycles. The Labute approximate surface area is 226 Å². The molecule has 0 aliphatic carbocycles. The molecule has 0 aliphatic rings. The van der Waals surface area contributed by atoms with Gasteiger partial charge in [0.05, 0.1) is 21.8 Å². The van der Waals surface area contributed by atoms with Gasteiger partial charge in [-0.2, -0.15) is 9.97 Å². The van der Waals surface area contributed by atoms with Crippen LogP contribution in [0.5, 0.6) is 11.6 Å². The first-order chi connectivity index (χ1) is 18.5. The zero-order valence-corrected chi connectivity index (χ0v) is 22.7. The highest BCUT2D eigenvalue weighted by Crippen LogP contribution is 2.32. The SMILES string of the molecule is CCCN(C)c1ccc(Nc2nc(Oc3cccc([N+](=O)[O-])c3)c3ccn(COC(=O)C(C)(C)C)c3n2)cc1. The third-order valence-electron chi connectivity index (χ3n) is 5.90. The van der Waals surface area contributed by atoms with E-state index in [1.54, 1.807) is 49.7 Å². The second-order valence-electron chi connectivity index (χ2n) is 10.1. The Bertz CT molecular complexity index is 1480. The molecule has 0 saturated heterocycles. The van der Waals surface area contributed by atoms with Crippen LogP contribution in [0.3, 0.4) is 0 Å². The normalized spacial score (nSPS) is 11.3. The van der Waals surface area contributed by atoms with Gasteiger partial charge in [0.2, 0.25) is 11.8 Å². The van der Waals surface area contributed by atoms with E-state index in [1.165, 1.54) is 12.1 Å². The Hall–Kier alpha value is -4.67. The van der Waals surface area contributed by atoms with Crippen LogP contribution in [0.1, 0.15) is 34.1 Å². The zero-order valence-electron chi connectivity index (χ0n) is 22.7. The molecule has 0 spiro atoms. The van der Waals surface area contributed by atoms with E-state index in [2.05, 4.69) is 27.1 Å². The van der Waals surface area contributed by atoms with E-state index < -0.39 is 10.3 Å². The number of non-ortho nitro benzene ring substituents is 1. The summed E-state index contributed by atoms with van der Waals surface area (Å²) in [5.41, 5.74) is 1.56. The van der Waals surface area contributed by atoms with Crippen LogP contribution in [-0.2, 0) is 16.3 Å². The number of anilines is 3. The lowest BCUT2D eigenvalue weighted by molar-refractivity contribution is -0.384. The average molecular weight is 533 g/mol. The van der Waals surface area contributed by atoms with Gasteiger partial charge < -0.3 is 19.7 Å². The minimum absolute atomic E-state index is 0.0508. The Balaban J connectivity index is 1.68. The van der Waals surface area contributed by atoms with Crippen LogP contribution < -0.4 is 15.0 Å². The number of hydrogen-bond donors (Lipinski definition) is 1. The molecule has 2 aromatic heterocycles. The van der Waals surface area contributed by atoms with Crippen molar-refractivity contribution in [3.05, 3.63) is 70.9 Å². The first-order valence-corrected chi connectivity index (χ1v) is 12.6. The molecule has 0 bridgehead atoms. The van der Waals surface area contributed by atoms with Gasteiger partial charge in [0, 0.05) is 37.2 Å². The lowest BCUT2D eigenvalue weighted by Crippen LogP contribution is -2.24. The highest BCUT2D eigenvalue weighted by atomic mass is 16.6. The third-order valence-corrected chi connectivity index (χ3v) is 5.90. The van der Waals surface area contributed by atoms with Crippen LogP contribution in [0.15, 0.2) is 60.8 Å². The van der Waals surface area contributed by atoms with Crippen molar-refractivity contribution in [2.24, 2.45) is 5.41 Å². The first-order valence-electron chi connectivity index (χ1n) is 12.6. The summed E-state index contributed by atoms with van der Waals surface area (Å²) in [6.45, 7) is 8.37. The maximum atomic E-state index is 12.4. The second-order valence-corrected chi connectivity index (χ2v) is 10.1. The largest absolute Gasteiger partial charge is 0.443 e. The number of nitro benzene ring substituents is 1. The van der Waals surface area contributed by atoms with Crippen LogP contribution in [-0.4, -0.2) is 39.0 Å². The number of aromatic nitrogens is 3. The number of nitrogens with zero attached hydrogens (tertiary/aromatic N) is 5. The molecule has 4 rings (SSSR count). The number of nitrogens with one attached hydrogen (secondary N) is 1. The monoisotopic (exact) mass is 532 g/mol. The summed E-state index contributed by atoms with van der Waals surface area (Å²) in [5.74, 6) is 0.353. The standard InChI is InChI=1S/C28H32N6O5/c1-6-15-32(5)20-12-10-19(11-13-20)29-27-30-24-23(14-16-33(24)18-38-26(35)28(2,3)4)25(31-27)39-22-9-7-8-21(17-22)34(36)37/h7-14,16-17H,6,15,18H2,1-5H3,(H,29,30,31). The van der Waals surface area contributed by atoms with Crippen molar-refractivity contribution in [3.63, 3.8) is 0 Å². The fourth-order valence-corrected chi connectivity index (χ4v) is 3.79. The lowest BCUT2D eigenvalue weighted by atomic mass is 9.98. The van der Waals surface area contributed by atoms with Gasteiger partial charge in [-0.15, -0.1) is 0 Å². The zero-order chi connectivity index (χ0) is 28.2. The molecular formula is C28H32N6O5. The minimum Gasteiger partial charge on any atom is -0.443 e. The number of hydrogen-bond acceptors (Lipinski definition) is 9. The number of rotatable bonds is 10. The van der Waals surface area contributed by atoms with Crippen LogP contribution in [0.2, 0.25) is 0 Å². The molecule has 39 heavy (non-hydrogen) atoms. The number of carbonyl (C=O) groups is 1. The van der Waals surface area contributed by atoms with Crippen molar-refractivity contribution in [2.45, 2.75) is 40.8 Å². The molecule has 0 radical (unpaired) electrons. The maximum absolute atomic E-state index is 12.4. The summed E-state index contributed by atoms with van der Waals surface area (Å²) in [7, 11) is 2.04. The topological polar surface area (TPSA) is 125 Å². The van der Waals surface area contributed by atoms with E-state index in [-0.39, 0.29) is 36.0 Å². The van der Waals surface area contributed by atoms with E-state index in [4.69, 9.17) is 9.47 Å². The Morgan fingerprint density at radius 2 is 1.87 bits per heavy atom. The predicted octanol–water partition coefficient (Wildman–Crippen LogP) is 6.27. The van der Waals surface area contributed by atoms with Crippen LogP contribution in [0.4, 0.5) is 23.0 Å². The predicted molar refractivity (Wildman–Crippen MR) is 150 cm³/mol. The van der Waals surface area contributed by atoms with Crippen molar-refractivity contribution < 1.29 is 19.2 Å². The average Bonchev–Trinajstić information content (AvgIpc) is 3.30. The fraction of sp³-hybridized carbons (Fsp3) is 0.321. The van der Waals surface area contributed by atoms with E-state index in [9.17, 15) is 14.9 Å². The molecule has 0 fully saturated rings. The summed E-state index contributed by atoms with van der Waals surface area (Å²) < 4.78 is 13.2. The smallest absolute Gasteiger partial charge is 0.312 e. The van der Waals surface area contributed by atoms with Gasteiger partial charge in [0.1, 0.15) is 5.75 Å².